The maximum atomic E-state index is 6.27. The fourth-order valence-corrected chi connectivity index (χ4v) is 4.45. The van der Waals surface area contributed by atoms with Gasteiger partial charge in [0.1, 0.15) is 11.8 Å². The van der Waals surface area contributed by atoms with E-state index in [-0.39, 0.29) is 12.1 Å². The molecule has 1 aliphatic heterocycles. The van der Waals surface area contributed by atoms with Crippen molar-refractivity contribution in [1.82, 2.24) is 25.1 Å². The van der Waals surface area contributed by atoms with Gasteiger partial charge in [0.15, 0.2) is 5.82 Å². The molecule has 4 rings (SSSR count). The third-order valence-corrected chi connectivity index (χ3v) is 6.11. The molecule has 0 aliphatic carbocycles. The first-order valence-corrected chi connectivity index (χ1v) is 11.0. The first-order valence-electron chi connectivity index (χ1n) is 10.7. The summed E-state index contributed by atoms with van der Waals surface area (Å²) in [6.07, 6.45) is 0. The van der Waals surface area contributed by atoms with Crippen LogP contribution in [0.5, 0.6) is 5.75 Å². The third-order valence-electron chi connectivity index (χ3n) is 5.88. The van der Waals surface area contributed by atoms with Gasteiger partial charge in [-0.15, -0.1) is 5.10 Å². The molecule has 3 aromatic rings. The van der Waals surface area contributed by atoms with Gasteiger partial charge in [-0.05, 0) is 55.0 Å². The highest BCUT2D eigenvalue weighted by Crippen LogP contribution is 2.35. The van der Waals surface area contributed by atoms with Crippen LogP contribution in [0.2, 0.25) is 5.02 Å². The van der Waals surface area contributed by atoms with Crippen molar-refractivity contribution in [2.24, 2.45) is 0 Å². The number of anilines is 1. The van der Waals surface area contributed by atoms with Crippen LogP contribution in [0.25, 0.3) is 0 Å². The molecular weight excluding hydrogens is 412 g/mol. The van der Waals surface area contributed by atoms with Crippen molar-refractivity contribution >= 4 is 17.3 Å². The topological polar surface area (TPSA) is 59.3 Å². The number of methoxy groups -OCH3 is 1. The van der Waals surface area contributed by atoms with E-state index >= 15 is 0 Å². The lowest BCUT2D eigenvalue weighted by molar-refractivity contribution is 0.195. The number of hydrogen-bond acceptors (Lipinski definition) is 6. The van der Waals surface area contributed by atoms with Crippen LogP contribution >= 0.6 is 11.6 Å². The van der Waals surface area contributed by atoms with Gasteiger partial charge in [0.05, 0.1) is 13.2 Å². The second-order valence-corrected chi connectivity index (χ2v) is 8.61. The summed E-state index contributed by atoms with van der Waals surface area (Å²) in [6, 6.07) is 14.3. The molecule has 1 unspecified atom stereocenters. The van der Waals surface area contributed by atoms with E-state index in [4.69, 9.17) is 16.3 Å². The molecule has 164 valence electrons. The summed E-state index contributed by atoms with van der Waals surface area (Å²) in [5.41, 5.74) is 3.52. The molecule has 2 aromatic carbocycles. The fourth-order valence-electron chi connectivity index (χ4n) is 4.28. The zero-order valence-corrected chi connectivity index (χ0v) is 19.3. The van der Waals surface area contributed by atoms with Crippen LogP contribution < -0.4 is 9.64 Å². The quantitative estimate of drug-likeness (QED) is 0.574. The normalized spacial score (nSPS) is 16.0. The number of aryl methyl sites for hydroxylation is 1. The number of tetrazole rings is 1. The minimum Gasteiger partial charge on any atom is -0.496 e. The maximum absolute atomic E-state index is 6.27. The first-order chi connectivity index (χ1) is 15.0. The summed E-state index contributed by atoms with van der Waals surface area (Å²) in [5.74, 6) is 1.69. The average Bonchev–Trinajstić information content (AvgIpc) is 3.26. The number of halogens is 1. The van der Waals surface area contributed by atoms with E-state index in [0.29, 0.717) is 0 Å². The Labute approximate surface area is 188 Å². The molecule has 0 radical (unpaired) electrons. The van der Waals surface area contributed by atoms with Crippen LogP contribution in [0.15, 0.2) is 42.5 Å². The molecule has 0 N–H and O–H groups in total. The molecule has 1 atom stereocenters. The second kappa shape index (κ2) is 9.24. The Kier molecular flexibility index (Phi) is 6.43. The Morgan fingerprint density at radius 3 is 2.48 bits per heavy atom. The van der Waals surface area contributed by atoms with Gasteiger partial charge in [-0.25, -0.2) is 4.68 Å². The molecule has 1 aliphatic rings. The molecule has 2 heterocycles. The molecule has 0 bridgehead atoms. The molecule has 0 spiro atoms. The Hall–Kier alpha value is -2.64. The SMILES string of the molecule is COc1ccccc1C(c1nnnn1C(C)C)N1CCN(c2cc(Cl)ccc2C)CC1. The standard InChI is InChI=1S/C23H29ClN6O/c1-16(2)30-23(25-26-27-30)22(19-7-5-6-8-21(19)31-4)29-13-11-28(12-14-29)20-15-18(24)10-9-17(20)3/h5-10,15-16,22H,11-14H2,1-4H3. The monoisotopic (exact) mass is 440 g/mol. The summed E-state index contributed by atoms with van der Waals surface area (Å²) < 4.78 is 7.61. The Balaban J connectivity index is 1.66. The van der Waals surface area contributed by atoms with E-state index in [1.807, 2.05) is 28.9 Å². The molecule has 7 nitrogen and oxygen atoms in total. The minimum atomic E-state index is -0.0869. The Morgan fingerprint density at radius 2 is 1.77 bits per heavy atom. The summed E-state index contributed by atoms with van der Waals surface area (Å²) in [4.78, 5) is 4.85. The fraction of sp³-hybridized carbons (Fsp3) is 0.435. The number of aromatic nitrogens is 4. The molecule has 0 amide bonds. The van der Waals surface area contributed by atoms with Crippen molar-refractivity contribution in [3.05, 3.63) is 64.4 Å². The van der Waals surface area contributed by atoms with Crippen molar-refractivity contribution in [2.45, 2.75) is 32.9 Å². The van der Waals surface area contributed by atoms with E-state index < -0.39 is 0 Å². The largest absolute Gasteiger partial charge is 0.496 e. The maximum Gasteiger partial charge on any atom is 0.173 e. The second-order valence-electron chi connectivity index (χ2n) is 8.17. The van der Waals surface area contributed by atoms with Gasteiger partial charge in [-0.2, -0.15) is 0 Å². The number of para-hydroxylation sites is 1. The van der Waals surface area contributed by atoms with Gasteiger partial charge in [-0.1, -0.05) is 35.9 Å². The summed E-state index contributed by atoms with van der Waals surface area (Å²) in [6.45, 7) is 9.87. The van der Waals surface area contributed by atoms with Crippen LogP contribution in [-0.4, -0.2) is 58.4 Å². The first kappa shape index (κ1) is 21.6. The van der Waals surface area contributed by atoms with E-state index in [9.17, 15) is 0 Å². The predicted molar refractivity (Wildman–Crippen MR) is 123 cm³/mol. The number of benzene rings is 2. The lowest BCUT2D eigenvalue weighted by Gasteiger charge is -2.40. The van der Waals surface area contributed by atoms with Gasteiger partial charge in [0, 0.05) is 42.5 Å². The Bertz CT molecular complexity index is 1030. The highest BCUT2D eigenvalue weighted by Gasteiger charge is 2.33. The molecule has 0 saturated carbocycles. The van der Waals surface area contributed by atoms with Crippen LogP contribution in [0.3, 0.4) is 0 Å². The van der Waals surface area contributed by atoms with Crippen LogP contribution in [0.1, 0.15) is 42.9 Å². The Morgan fingerprint density at radius 1 is 1.03 bits per heavy atom. The number of hydrogen-bond donors (Lipinski definition) is 0. The summed E-state index contributed by atoms with van der Waals surface area (Å²) in [7, 11) is 1.71. The van der Waals surface area contributed by atoms with Gasteiger partial charge in [0.25, 0.3) is 0 Å². The number of rotatable bonds is 6. The van der Waals surface area contributed by atoms with Crippen LogP contribution in [-0.2, 0) is 0 Å². The van der Waals surface area contributed by atoms with Crippen LogP contribution in [0.4, 0.5) is 5.69 Å². The average molecular weight is 441 g/mol. The highest BCUT2D eigenvalue weighted by molar-refractivity contribution is 6.30. The molecule has 1 saturated heterocycles. The van der Waals surface area contributed by atoms with Gasteiger partial charge >= 0.3 is 0 Å². The molecule has 1 aromatic heterocycles. The number of ether oxygens (including phenoxy) is 1. The minimum absolute atomic E-state index is 0.0869. The van der Waals surface area contributed by atoms with E-state index in [1.165, 1.54) is 11.3 Å². The predicted octanol–water partition coefficient (Wildman–Crippen LogP) is 4.14. The van der Waals surface area contributed by atoms with Gasteiger partial charge < -0.3 is 9.64 Å². The van der Waals surface area contributed by atoms with Crippen molar-refractivity contribution in [3.63, 3.8) is 0 Å². The molecular formula is C23H29ClN6O. The van der Waals surface area contributed by atoms with Gasteiger partial charge in [-0.3, -0.25) is 4.90 Å². The summed E-state index contributed by atoms with van der Waals surface area (Å²) >= 11 is 6.27. The lowest BCUT2D eigenvalue weighted by atomic mass is 10.0. The third kappa shape index (κ3) is 4.38. The van der Waals surface area contributed by atoms with Crippen molar-refractivity contribution in [2.75, 3.05) is 38.2 Å². The number of nitrogens with zero attached hydrogens (tertiary/aromatic N) is 6. The van der Waals surface area contributed by atoms with Crippen molar-refractivity contribution in [1.29, 1.82) is 0 Å². The smallest absolute Gasteiger partial charge is 0.173 e. The van der Waals surface area contributed by atoms with E-state index in [2.05, 4.69) is 64.3 Å². The lowest BCUT2D eigenvalue weighted by Crippen LogP contribution is -2.48. The zero-order chi connectivity index (χ0) is 22.0. The van der Waals surface area contributed by atoms with E-state index in [0.717, 1.165) is 48.3 Å². The zero-order valence-electron chi connectivity index (χ0n) is 18.5. The van der Waals surface area contributed by atoms with Crippen molar-refractivity contribution in [3.8, 4) is 5.75 Å². The highest BCUT2D eigenvalue weighted by atomic mass is 35.5. The van der Waals surface area contributed by atoms with Crippen LogP contribution in [0, 0.1) is 6.92 Å². The number of piperazine rings is 1. The molecule has 8 heteroatoms. The molecule has 1 fully saturated rings. The molecule has 31 heavy (non-hydrogen) atoms. The van der Waals surface area contributed by atoms with Gasteiger partial charge in [0.2, 0.25) is 0 Å². The summed E-state index contributed by atoms with van der Waals surface area (Å²) in [5, 5.41) is 13.5. The van der Waals surface area contributed by atoms with E-state index in [1.54, 1.807) is 7.11 Å². The van der Waals surface area contributed by atoms with Crippen molar-refractivity contribution < 1.29 is 4.74 Å².